The van der Waals surface area contributed by atoms with Crippen molar-refractivity contribution in [2.75, 3.05) is 18.5 Å². The molecule has 0 aliphatic carbocycles. The van der Waals surface area contributed by atoms with Crippen LogP contribution in [0.1, 0.15) is 37.6 Å². The van der Waals surface area contributed by atoms with Crippen molar-refractivity contribution in [2.24, 2.45) is 10.4 Å². The van der Waals surface area contributed by atoms with Gasteiger partial charge in [-0.3, -0.25) is 14.2 Å². The number of anilines is 1. The fourth-order valence-electron chi connectivity index (χ4n) is 2.50. The molecule has 3 N–H and O–H groups in total. The van der Waals surface area contributed by atoms with E-state index in [1.165, 1.54) is 16.1 Å². The topological polar surface area (TPSA) is 139 Å². The number of hydrogen-bond donors (Lipinski definition) is 3. The first-order valence-corrected chi connectivity index (χ1v) is 10.9. The summed E-state index contributed by atoms with van der Waals surface area (Å²) in [5.41, 5.74) is -1.43. The normalized spacial score (nSPS) is 12.9. The van der Waals surface area contributed by atoms with Gasteiger partial charge in [-0.15, -0.1) is 11.3 Å². The molecule has 34 heavy (non-hydrogen) atoms. The van der Waals surface area contributed by atoms with Gasteiger partial charge in [-0.1, -0.05) is 20.8 Å². The van der Waals surface area contributed by atoms with Crippen LogP contribution in [0.15, 0.2) is 28.7 Å². The molecule has 0 fully saturated rings. The maximum Gasteiger partial charge on any atom is 0.510 e. The van der Waals surface area contributed by atoms with Crippen LogP contribution in [0.5, 0.6) is 0 Å². The molecule has 0 aliphatic heterocycles. The second-order valence-corrected chi connectivity index (χ2v) is 9.22. The number of benzene rings is 1. The number of ether oxygens (including phenoxy) is 2. The summed E-state index contributed by atoms with van der Waals surface area (Å²) in [6.45, 7) is 3.94. The van der Waals surface area contributed by atoms with Gasteiger partial charge in [0.25, 0.3) is 5.91 Å². The van der Waals surface area contributed by atoms with Gasteiger partial charge in [-0.05, 0) is 17.5 Å². The maximum atomic E-state index is 14.4. The van der Waals surface area contributed by atoms with E-state index >= 15 is 0 Å². The Morgan fingerprint density at radius 2 is 1.85 bits per heavy atom. The van der Waals surface area contributed by atoms with E-state index in [1.807, 2.05) is 0 Å². The smallest absolute Gasteiger partial charge is 0.431 e. The van der Waals surface area contributed by atoms with Gasteiger partial charge in [0, 0.05) is 23.6 Å². The van der Waals surface area contributed by atoms with Crippen molar-refractivity contribution >= 4 is 35.0 Å². The molecule has 186 valence electrons. The lowest BCUT2D eigenvalue weighted by atomic mass is 9.92. The second-order valence-electron chi connectivity index (χ2n) is 8.34. The van der Waals surface area contributed by atoms with Crippen molar-refractivity contribution in [1.82, 2.24) is 4.57 Å². The predicted molar refractivity (Wildman–Crippen MR) is 117 cm³/mol. The van der Waals surface area contributed by atoms with E-state index in [4.69, 9.17) is 14.9 Å². The summed E-state index contributed by atoms with van der Waals surface area (Å²) in [6.07, 6.45) is -0.889. The minimum Gasteiger partial charge on any atom is -0.431 e. The molecular weight excluding hydrogens is 476 g/mol. The summed E-state index contributed by atoms with van der Waals surface area (Å²) in [5, 5.41) is 21.5. The first-order chi connectivity index (χ1) is 15.9. The van der Waals surface area contributed by atoms with E-state index < -0.39 is 61.3 Å². The van der Waals surface area contributed by atoms with Crippen molar-refractivity contribution in [2.45, 2.75) is 40.0 Å². The first-order valence-electron chi connectivity index (χ1n) is 10.00. The monoisotopic (exact) mass is 501 g/mol. The summed E-state index contributed by atoms with van der Waals surface area (Å²) in [5.74, 6) is -3.79. The van der Waals surface area contributed by atoms with Gasteiger partial charge in [-0.2, -0.15) is 4.99 Å². The van der Waals surface area contributed by atoms with Gasteiger partial charge < -0.3 is 25.0 Å². The Morgan fingerprint density at radius 1 is 1.21 bits per heavy atom. The molecule has 13 heteroatoms. The SMILES string of the molecule is CC(C)(C)CC(=O)Nc1c(F)cc(C(=O)/N=c2\sccn2COC(=O)OCC(O)CO)cc1F. The number of halogens is 2. The molecule has 0 bridgehead atoms. The minimum atomic E-state index is -1.25. The van der Waals surface area contributed by atoms with E-state index in [2.05, 4.69) is 15.0 Å². The van der Waals surface area contributed by atoms with Crippen molar-refractivity contribution in [3.63, 3.8) is 0 Å². The van der Waals surface area contributed by atoms with E-state index in [0.29, 0.717) is 0 Å². The van der Waals surface area contributed by atoms with Crippen molar-refractivity contribution in [3.05, 3.63) is 45.7 Å². The van der Waals surface area contributed by atoms with Crippen LogP contribution in [0, 0.1) is 17.0 Å². The van der Waals surface area contributed by atoms with Crippen LogP contribution in [0.2, 0.25) is 0 Å². The lowest BCUT2D eigenvalue weighted by Gasteiger charge is -2.17. The maximum absolute atomic E-state index is 14.4. The predicted octanol–water partition coefficient (Wildman–Crippen LogP) is 2.41. The highest BCUT2D eigenvalue weighted by Crippen LogP contribution is 2.24. The Hall–Kier alpha value is -3.16. The number of aliphatic hydroxyl groups is 2. The van der Waals surface area contributed by atoms with Crippen LogP contribution in [0.25, 0.3) is 0 Å². The summed E-state index contributed by atoms with van der Waals surface area (Å²) < 4.78 is 39.5. The Balaban J connectivity index is 2.11. The number of carbonyl (C=O) groups is 3. The number of nitrogens with one attached hydrogen (secondary N) is 1. The third-order valence-corrected chi connectivity index (χ3v) is 4.82. The number of aromatic nitrogens is 1. The number of hydrogen-bond acceptors (Lipinski definition) is 8. The molecule has 2 amide bonds. The highest BCUT2D eigenvalue weighted by molar-refractivity contribution is 7.07. The molecule has 0 saturated carbocycles. The molecular formula is C21H25F2N3O7S. The molecule has 0 saturated heterocycles. The van der Waals surface area contributed by atoms with Crippen LogP contribution >= 0.6 is 11.3 Å². The highest BCUT2D eigenvalue weighted by atomic mass is 32.1. The third kappa shape index (κ3) is 8.32. The molecule has 2 rings (SSSR count). The van der Waals surface area contributed by atoms with Gasteiger partial charge in [-0.25, -0.2) is 13.6 Å². The lowest BCUT2D eigenvalue weighted by Crippen LogP contribution is -2.24. The molecule has 1 aromatic carbocycles. The molecule has 0 radical (unpaired) electrons. The number of nitrogens with zero attached hydrogens (tertiary/aromatic N) is 2. The Bertz CT molecular complexity index is 1090. The summed E-state index contributed by atoms with van der Waals surface area (Å²) in [4.78, 5) is 39.8. The Kier molecular flexibility index (Phi) is 9.41. The van der Waals surface area contributed by atoms with E-state index in [1.54, 1.807) is 20.8 Å². The standard InChI is InChI=1S/C21H25F2N3O7S/c1-21(2,3)8-16(29)24-17-14(22)6-12(7-15(17)23)18(30)25-19-26(4-5-34-19)11-33-20(31)32-10-13(28)9-27/h4-7,13,27-28H,8-11H2,1-3H3,(H,24,29)/b25-19-. The van der Waals surface area contributed by atoms with Crippen LogP contribution in [0.3, 0.4) is 0 Å². The zero-order chi connectivity index (χ0) is 25.5. The molecule has 2 aromatic rings. The van der Waals surface area contributed by atoms with E-state index in [0.717, 1.165) is 23.5 Å². The number of rotatable bonds is 8. The number of thiazole rings is 1. The van der Waals surface area contributed by atoms with Gasteiger partial charge in [0.1, 0.15) is 18.4 Å². The molecule has 1 unspecified atom stereocenters. The quantitative estimate of drug-likeness (QED) is 0.472. The zero-order valence-corrected chi connectivity index (χ0v) is 19.5. The zero-order valence-electron chi connectivity index (χ0n) is 18.7. The third-order valence-electron chi connectivity index (χ3n) is 4.03. The van der Waals surface area contributed by atoms with Crippen LogP contribution in [-0.4, -0.2) is 52.1 Å². The average molecular weight is 502 g/mol. The van der Waals surface area contributed by atoms with Gasteiger partial charge in [0.05, 0.1) is 6.61 Å². The van der Waals surface area contributed by atoms with Crippen molar-refractivity contribution in [3.8, 4) is 0 Å². The lowest BCUT2D eigenvalue weighted by molar-refractivity contribution is -0.117. The minimum absolute atomic E-state index is 0.0396. The Morgan fingerprint density at radius 3 is 2.44 bits per heavy atom. The number of amides is 2. The van der Waals surface area contributed by atoms with E-state index in [-0.39, 0.29) is 22.2 Å². The summed E-state index contributed by atoms with van der Waals surface area (Å²) >= 11 is 0.997. The van der Waals surface area contributed by atoms with Crippen LogP contribution in [0.4, 0.5) is 19.3 Å². The fourth-order valence-corrected chi connectivity index (χ4v) is 3.21. The number of carbonyl (C=O) groups excluding carboxylic acids is 3. The van der Waals surface area contributed by atoms with Gasteiger partial charge in [0.2, 0.25) is 5.91 Å². The summed E-state index contributed by atoms with van der Waals surface area (Å²) in [7, 11) is 0. The summed E-state index contributed by atoms with van der Waals surface area (Å²) in [6, 6.07) is 1.53. The fraction of sp³-hybridized carbons (Fsp3) is 0.429. The second kappa shape index (κ2) is 11.8. The van der Waals surface area contributed by atoms with Gasteiger partial charge >= 0.3 is 6.16 Å². The highest BCUT2D eigenvalue weighted by Gasteiger charge is 2.21. The molecule has 1 heterocycles. The molecule has 1 aromatic heterocycles. The Labute approximate surface area is 197 Å². The van der Waals surface area contributed by atoms with Crippen molar-refractivity contribution < 1.29 is 42.9 Å². The number of aliphatic hydroxyl groups excluding tert-OH is 2. The average Bonchev–Trinajstić information content (AvgIpc) is 3.18. The first kappa shape index (κ1) is 27.1. The molecule has 1 atom stereocenters. The van der Waals surface area contributed by atoms with Crippen LogP contribution < -0.4 is 10.1 Å². The molecule has 0 aliphatic rings. The van der Waals surface area contributed by atoms with Crippen molar-refractivity contribution in [1.29, 1.82) is 0 Å². The van der Waals surface area contributed by atoms with Gasteiger partial charge in [0.15, 0.2) is 23.2 Å². The largest absolute Gasteiger partial charge is 0.510 e. The van der Waals surface area contributed by atoms with Crippen LogP contribution in [-0.2, 0) is 21.0 Å². The molecule has 0 spiro atoms. The molecule has 10 nitrogen and oxygen atoms in total. The van der Waals surface area contributed by atoms with E-state index in [9.17, 15) is 23.2 Å².